The van der Waals surface area contributed by atoms with E-state index in [9.17, 15) is 33.9 Å². The molecule has 13 nitrogen and oxygen atoms in total. The lowest BCUT2D eigenvalue weighted by molar-refractivity contribution is -0.890. The predicted octanol–water partition coefficient (Wildman–Crippen LogP) is 0.196. The van der Waals surface area contributed by atoms with Gasteiger partial charge in [0, 0.05) is 25.2 Å². The molecule has 234 valence electrons. The van der Waals surface area contributed by atoms with Crippen molar-refractivity contribution in [3.05, 3.63) is 0 Å². The molecule has 0 aromatic heterocycles. The first-order valence-electron chi connectivity index (χ1n) is 14.2. The predicted molar refractivity (Wildman–Crippen MR) is 144 cm³/mol. The Hall–Kier alpha value is -3.06. The molecule has 2 atom stereocenters. The van der Waals surface area contributed by atoms with Crippen molar-refractivity contribution in [3.63, 3.8) is 0 Å². The lowest BCUT2D eigenvalue weighted by Gasteiger charge is -2.31. The summed E-state index contributed by atoms with van der Waals surface area (Å²) in [5, 5.41) is 11.2. The number of nitrogens with zero attached hydrogens (tertiary/aromatic N) is 3. The van der Waals surface area contributed by atoms with E-state index in [0.29, 0.717) is 59.5 Å². The summed E-state index contributed by atoms with van der Waals surface area (Å²) < 4.78 is 11.7. The Morgan fingerprint density at radius 3 is 1.93 bits per heavy atom. The fourth-order valence-electron chi connectivity index (χ4n) is 3.99. The normalized spacial score (nSPS) is 16.2. The number of hydroxylamine groups is 2. The number of ether oxygens (including phenoxy) is 2. The summed E-state index contributed by atoms with van der Waals surface area (Å²) in [5.74, 6) is -4.01. The van der Waals surface area contributed by atoms with E-state index in [4.69, 9.17) is 14.3 Å². The molecule has 2 unspecified atom stereocenters. The molecule has 41 heavy (non-hydrogen) atoms. The average Bonchev–Trinajstić information content (AvgIpc) is 3.21. The van der Waals surface area contributed by atoms with Gasteiger partial charge in [-0.2, -0.15) is 0 Å². The number of aliphatic carboxylic acids is 1. The van der Waals surface area contributed by atoms with Gasteiger partial charge in [0.25, 0.3) is 11.8 Å². The highest BCUT2D eigenvalue weighted by molar-refractivity contribution is 6.01. The Bertz CT molecular complexity index is 949. The molecule has 0 saturated carbocycles. The average molecular weight is 587 g/mol. The maximum atomic E-state index is 12.8. The maximum absolute atomic E-state index is 12.8. The summed E-state index contributed by atoms with van der Waals surface area (Å²) in [4.78, 5) is 76.2. The standard InChI is InChI=1S/C28H48N3O10/c1-8-28(3,27(38)40-20-18-30(4,5)15-12-24(34)35)14-11-21(2)26(37)39-19-17-31(6,7)16-13-25(36)41-29-22(32)9-10-23(29)33/h21H,8-20H2,1-7H3/q+1. The Labute approximate surface area is 242 Å². The fourth-order valence-corrected chi connectivity index (χ4v) is 3.99. The van der Waals surface area contributed by atoms with Gasteiger partial charge in [-0.1, -0.05) is 13.8 Å². The molecule has 0 aromatic carbocycles. The Kier molecular flexibility index (Phi) is 13.9. The van der Waals surface area contributed by atoms with E-state index >= 15 is 0 Å². The zero-order chi connectivity index (χ0) is 31.4. The van der Waals surface area contributed by atoms with Crippen LogP contribution in [0.1, 0.15) is 65.7 Å². The summed E-state index contributed by atoms with van der Waals surface area (Å²) in [6.45, 7) is 7.37. The molecule has 0 bridgehead atoms. The molecular weight excluding hydrogens is 538 g/mol. The molecular formula is C28H48N3O10+. The Morgan fingerprint density at radius 2 is 1.41 bits per heavy atom. The number of carboxylic acid groups (broad SMARTS) is 1. The van der Waals surface area contributed by atoms with Crippen molar-refractivity contribution in [1.29, 1.82) is 0 Å². The van der Waals surface area contributed by atoms with Gasteiger partial charge in [0.15, 0.2) is 0 Å². The van der Waals surface area contributed by atoms with Gasteiger partial charge >= 0.3 is 17.9 Å². The van der Waals surface area contributed by atoms with E-state index in [1.165, 1.54) is 0 Å². The van der Waals surface area contributed by atoms with Crippen molar-refractivity contribution >= 4 is 35.7 Å². The molecule has 1 aliphatic rings. The molecule has 1 saturated heterocycles. The van der Waals surface area contributed by atoms with Gasteiger partial charge in [-0.3, -0.25) is 19.2 Å². The number of quaternary nitrogens is 2. The van der Waals surface area contributed by atoms with Crippen molar-refractivity contribution in [2.75, 3.05) is 67.6 Å². The first-order chi connectivity index (χ1) is 18.9. The number of esters is 2. The zero-order valence-corrected chi connectivity index (χ0v) is 25.7. The molecule has 0 radical (unpaired) electrons. The van der Waals surface area contributed by atoms with Crippen molar-refractivity contribution in [3.8, 4) is 0 Å². The third-order valence-corrected chi connectivity index (χ3v) is 7.72. The van der Waals surface area contributed by atoms with Gasteiger partial charge in [-0.25, -0.2) is 4.79 Å². The Balaban J connectivity index is 2.41. The Morgan fingerprint density at radius 1 is 0.902 bits per heavy atom. The summed E-state index contributed by atoms with van der Waals surface area (Å²) >= 11 is 0. The highest BCUT2D eigenvalue weighted by Crippen LogP contribution is 2.31. The minimum absolute atomic E-state index is 0.0174. The van der Waals surface area contributed by atoms with E-state index < -0.39 is 35.1 Å². The zero-order valence-electron chi connectivity index (χ0n) is 25.7. The summed E-state index contributed by atoms with van der Waals surface area (Å²) in [6, 6.07) is 0. The smallest absolute Gasteiger partial charge is 0.338 e. The second kappa shape index (κ2) is 15.8. The van der Waals surface area contributed by atoms with Gasteiger partial charge in [0.1, 0.15) is 26.3 Å². The number of hydrogen-bond donors (Lipinski definition) is 0. The maximum Gasteiger partial charge on any atom is 0.338 e. The lowest BCUT2D eigenvalue weighted by Crippen LogP contribution is -2.45. The molecule has 0 aromatic rings. The number of carbonyl (C=O) groups excluding carboxylic acids is 6. The van der Waals surface area contributed by atoms with E-state index in [0.717, 1.165) is 0 Å². The highest BCUT2D eigenvalue weighted by atomic mass is 16.7. The number of carbonyl (C=O) groups is 6. The van der Waals surface area contributed by atoms with Crippen LogP contribution in [0.2, 0.25) is 0 Å². The number of likely N-dealkylation sites (N-methyl/N-ethyl adjacent to an activating group) is 2. The largest absolute Gasteiger partial charge is 0.550 e. The monoisotopic (exact) mass is 586 g/mol. The van der Waals surface area contributed by atoms with Gasteiger partial charge < -0.3 is 33.2 Å². The van der Waals surface area contributed by atoms with Crippen LogP contribution in [0.5, 0.6) is 0 Å². The van der Waals surface area contributed by atoms with E-state index in [-0.39, 0.29) is 50.8 Å². The summed E-state index contributed by atoms with van der Waals surface area (Å²) in [5.41, 5.74) is -0.769. The van der Waals surface area contributed by atoms with Crippen LogP contribution in [0.4, 0.5) is 0 Å². The van der Waals surface area contributed by atoms with Crippen LogP contribution in [-0.4, -0.2) is 117 Å². The third-order valence-electron chi connectivity index (χ3n) is 7.72. The molecule has 0 aliphatic carbocycles. The van der Waals surface area contributed by atoms with Crippen LogP contribution in [0.15, 0.2) is 0 Å². The highest BCUT2D eigenvalue weighted by Gasteiger charge is 2.35. The van der Waals surface area contributed by atoms with Crippen molar-refractivity contribution in [2.24, 2.45) is 11.3 Å². The van der Waals surface area contributed by atoms with E-state index in [2.05, 4.69) is 0 Å². The lowest BCUT2D eigenvalue weighted by atomic mass is 9.81. The van der Waals surface area contributed by atoms with Gasteiger partial charge in [-0.05, 0) is 26.2 Å². The SMILES string of the molecule is CCC(C)(CCC(C)C(=O)OCC[N+](C)(C)CCC(=O)ON1C(=O)CCC1=O)C(=O)OCC[N+](C)(C)CCC(=O)[O-]. The molecule has 1 rings (SSSR count). The van der Waals surface area contributed by atoms with Gasteiger partial charge in [-0.15, -0.1) is 5.06 Å². The minimum atomic E-state index is -1.11. The molecule has 1 heterocycles. The molecule has 2 amide bonds. The number of amides is 2. The molecule has 0 N–H and O–H groups in total. The number of imide groups is 1. The summed E-state index contributed by atoms with van der Waals surface area (Å²) in [6.07, 6.45) is 1.38. The van der Waals surface area contributed by atoms with Gasteiger partial charge in [0.2, 0.25) is 0 Å². The molecule has 1 fully saturated rings. The van der Waals surface area contributed by atoms with Crippen molar-refractivity contribution in [1.82, 2.24) is 5.06 Å². The molecule has 1 aliphatic heterocycles. The van der Waals surface area contributed by atoms with Crippen LogP contribution < -0.4 is 5.11 Å². The second-order valence-electron chi connectivity index (χ2n) is 12.3. The first-order valence-corrected chi connectivity index (χ1v) is 14.2. The first kappa shape index (κ1) is 36.0. The number of carboxylic acids is 1. The topological polar surface area (TPSA) is 156 Å². The van der Waals surface area contributed by atoms with Crippen molar-refractivity contribution in [2.45, 2.75) is 65.7 Å². The second-order valence-corrected chi connectivity index (χ2v) is 12.3. The number of hydrogen-bond acceptors (Lipinski definition) is 10. The van der Waals surface area contributed by atoms with Crippen LogP contribution in [0.25, 0.3) is 0 Å². The van der Waals surface area contributed by atoms with Crippen LogP contribution in [0, 0.1) is 11.3 Å². The van der Waals surface area contributed by atoms with E-state index in [1.807, 2.05) is 42.0 Å². The van der Waals surface area contributed by atoms with Crippen LogP contribution >= 0.6 is 0 Å². The number of rotatable bonds is 19. The van der Waals surface area contributed by atoms with Crippen LogP contribution in [-0.2, 0) is 43.1 Å². The van der Waals surface area contributed by atoms with Crippen LogP contribution in [0.3, 0.4) is 0 Å². The van der Waals surface area contributed by atoms with E-state index in [1.54, 1.807) is 6.92 Å². The fraction of sp³-hybridized carbons (Fsp3) is 0.786. The summed E-state index contributed by atoms with van der Waals surface area (Å²) in [7, 11) is 7.44. The quantitative estimate of drug-likeness (QED) is 0.116. The van der Waals surface area contributed by atoms with Crippen molar-refractivity contribution < 1.29 is 57.2 Å². The minimum Gasteiger partial charge on any atom is -0.550 e. The molecule has 0 spiro atoms. The third kappa shape index (κ3) is 13.0. The molecule has 13 heteroatoms. The van der Waals surface area contributed by atoms with Gasteiger partial charge in [0.05, 0.1) is 59.0 Å².